The summed E-state index contributed by atoms with van der Waals surface area (Å²) in [6.07, 6.45) is 1.37. The van der Waals surface area contributed by atoms with Crippen LogP contribution in [0.5, 0.6) is 0 Å². The van der Waals surface area contributed by atoms with Crippen LogP contribution in [0.2, 0.25) is 0 Å². The van der Waals surface area contributed by atoms with Crippen molar-refractivity contribution in [3.05, 3.63) is 17.5 Å². The smallest absolute Gasteiger partial charge is 0.158 e. The van der Waals surface area contributed by atoms with Crippen molar-refractivity contribution in [3.8, 4) is 0 Å². The van der Waals surface area contributed by atoms with Crippen molar-refractivity contribution in [3.63, 3.8) is 0 Å². The number of nitrogens with zero attached hydrogens (tertiary/aromatic N) is 3. The molecule has 0 unspecified atom stereocenters. The minimum Gasteiger partial charge on any atom is -0.297 e. The van der Waals surface area contributed by atoms with Gasteiger partial charge in [-0.2, -0.15) is 5.10 Å². The average Bonchev–Trinajstić information content (AvgIpc) is 2.82. The van der Waals surface area contributed by atoms with E-state index < -0.39 is 5.54 Å². The molecule has 0 radical (unpaired) electrons. The number of hydrogen-bond donors (Lipinski definition) is 0. The van der Waals surface area contributed by atoms with Gasteiger partial charge in [-0.1, -0.05) is 20.8 Å². The van der Waals surface area contributed by atoms with Crippen molar-refractivity contribution < 1.29 is 4.79 Å². The third-order valence-corrected chi connectivity index (χ3v) is 4.15. The lowest BCUT2D eigenvalue weighted by molar-refractivity contribution is -0.128. The lowest BCUT2D eigenvalue weighted by Gasteiger charge is -2.35. The molecule has 0 N–H and O–H groups in total. The van der Waals surface area contributed by atoms with Crippen LogP contribution < -0.4 is 0 Å². The third-order valence-electron chi connectivity index (χ3n) is 4.15. The number of carbonyl (C=O) groups is 1. The van der Waals surface area contributed by atoms with Gasteiger partial charge in [-0.15, -0.1) is 0 Å². The first-order valence-electron chi connectivity index (χ1n) is 7.74. The van der Waals surface area contributed by atoms with Crippen molar-refractivity contribution in [1.29, 1.82) is 0 Å². The third kappa shape index (κ3) is 3.48. The summed E-state index contributed by atoms with van der Waals surface area (Å²) in [5, 5.41) is 4.52. The molecule has 114 valence electrons. The van der Waals surface area contributed by atoms with Gasteiger partial charge in [-0.3, -0.25) is 14.4 Å². The second-order valence-electron chi connectivity index (χ2n) is 5.63. The first-order valence-corrected chi connectivity index (χ1v) is 7.74. The quantitative estimate of drug-likeness (QED) is 0.734. The molecule has 4 nitrogen and oxygen atoms in total. The Balaban J connectivity index is 2.92. The summed E-state index contributed by atoms with van der Waals surface area (Å²) in [5.41, 5.74) is 1.68. The number of aryl methyl sites for hydroxylation is 2. The second kappa shape index (κ2) is 7.02. The Labute approximate surface area is 123 Å². The second-order valence-corrected chi connectivity index (χ2v) is 5.63. The van der Waals surface area contributed by atoms with Crippen LogP contribution in [-0.4, -0.2) is 39.1 Å². The lowest BCUT2D eigenvalue weighted by atomic mass is 9.93. The van der Waals surface area contributed by atoms with E-state index in [1.165, 1.54) is 0 Å². The van der Waals surface area contributed by atoms with Crippen LogP contribution >= 0.6 is 0 Å². The summed E-state index contributed by atoms with van der Waals surface area (Å²) in [4.78, 5) is 14.9. The topological polar surface area (TPSA) is 38.1 Å². The largest absolute Gasteiger partial charge is 0.297 e. The average molecular weight is 279 g/mol. The van der Waals surface area contributed by atoms with Gasteiger partial charge >= 0.3 is 0 Å². The van der Waals surface area contributed by atoms with Gasteiger partial charge in [-0.05, 0) is 46.3 Å². The Bertz CT molecular complexity index is 445. The van der Waals surface area contributed by atoms with E-state index in [1.54, 1.807) is 0 Å². The van der Waals surface area contributed by atoms with Gasteiger partial charge in [-0.25, -0.2) is 0 Å². The van der Waals surface area contributed by atoms with E-state index in [4.69, 9.17) is 0 Å². The highest BCUT2D eigenvalue weighted by molar-refractivity contribution is 5.89. The molecule has 4 heteroatoms. The van der Waals surface area contributed by atoms with E-state index >= 15 is 0 Å². The molecule has 0 saturated carbocycles. The lowest BCUT2D eigenvalue weighted by Crippen LogP contribution is -2.50. The van der Waals surface area contributed by atoms with Gasteiger partial charge in [0.05, 0.1) is 17.7 Å². The van der Waals surface area contributed by atoms with Gasteiger partial charge in [0.15, 0.2) is 5.78 Å². The fraction of sp³-hybridized carbons (Fsp3) is 0.750. The highest BCUT2D eigenvalue weighted by Crippen LogP contribution is 2.18. The molecule has 0 aliphatic carbocycles. The SMILES string of the molecule is CCc1cc(CC(=O)C(C)(C)N(CC)CC)n(CC)n1. The summed E-state index contributed by atoms with van der Waals surface area (Å²) in [5.74, 6) is 0.262. The van der Waals surface area contributed by atoms with E-state index in [1.807, 2.05) is 18.5 Å². The maximum Gasteiger partial charge on any atom is 0.158 e. The van der Waals surface area contributed by atoms with E-state index in [0.717, 1.165) is 37.4 Å². The van der Waals surface area contributed by atoms with Gasteiger partial charge < -0.3 is 0 Å². The molecule has 0 atom stereocenters. The fourth-order valence-electron chi connectivity index (χ4n) is 2.68. The van der Waals surface area contributed by atoms with Gasteiger partial charge in [0.2, 0.25) is 0 Å². The van der Waals surface area contributed by atoms with Gasteiger partial charge in [0, 0.05) is 12.2 Å². The maximum atomic E-state index is 12.7. The zero-order chi connectivity index (χ0) is 15.3. The number of rotatable bonds is 8. The Kier molecular flexibility index (Phi) is 5.93. The van der Waals surface area contributed by atoms with Crippen LogP contribution in [-0.2, 0) is 24.2 Å². The molecule has 1 aromatic heterocycles. The van der Waals surface area contributed by atoms with Crippen molar-refractivity contribution >= 4 is 5.78 Å². The molecule has 20 heavy (non-hydrogen) atoms. The van der Waals surface area contributed by atoms with Crippen LogP contribution in [0.3, 0.4) is 0 Å². The van der Waals surface area contributed by atoms with Crippen LogP contribution in [0.4, 0.5) is 0 Å². The van der Waals surface area contributed by atoms with Gasteiger partial charge in [0.25, 0.3) is 0 Å². The molecule has 0 amide bonds. The normalized spacial score (nSPS) is 12.2. The summed E-state index contributed by atoms with van der Waals surface area (Å²) >= 11 is 0. The molecule has 0 aliphatic heterocycles. The molecule has 0 aliphatic rings. The minimum atomic E-state index is -0.418. The molecule has 0 spiro atoms. The standard InChI is InChI=1S/C16H29N3O/c1-7-13-11-14(19(10-4)17-13)12-15(20)16(5,6)18(8-2)9-3/h11H,7-10,12H2,1-6H3. The van der Waals surface area contributed by atoms with Crippen LogP contribution in [0, 0.1) is 0 Å². The summed E-state index contributed by atoms with van der Waals surface area (Å²) in [6, 6.07) is 2.07. The molecular formula is C16H29N3O. The van der Waals surface area contributed by atoms with Crippen LogP contribution in [0.25, 0.3) is 0 Å². The first kappa shape index (κ1) is 16.9. The Morgan fingerprint density at radius 1 is 1.25 bits per heavy atom. The maximum absolute atomic E-state index is 12.7. The number of likely N-dealkylation sites (N-methyl/N-ethyl adjacent to an activating group) is 1. The number of aromatic nitrogens is 2. The molecular weight excluding hydrogens is 250 g/mol. The number of ketones is 1. The van der Waals surface area contributed by atoms with Crippen molar-refractivity contribution in [2.75, 3.05) is 13.1 Å². The summed E-state index contributed by atoms with van der Waals surface area (Å²) in [6.45, 7) is 15.0. The number of Topliss-reactive ketones (excluding diaryl/α,β-unsaturated/α-hetero) is 1. The zero-order valence-electron chi connectivity index (χ0n) is 13.9. The molecule has 1 rings (SSSR count). The molecule has 0 fully saturated rings. The fourth-order valence-corrected chi connectivity index (χ4v) is 2.68. The van der Waals surface area contributed by atoms with Crippen molar-refractivity contribution in [2.24, 2.45) is 0 Å². The van der Waals surface area contributed by atoms with E-state index in [-0.39, 0.29) is 5.78 Å². The predicted octanol–water partition coefficient (Wildman–Crippen LogP) is 2.70. The Morgan fingerprint density at radius 2 is 1.85 bits per heavy atom. The summed E-state index contributed by atoms with van der Waals surface area (Å²) < 4.78 is 1.95. The van der Waals surface area contributed by atoms with E-state index in [0.29, 0.717) is 6.42 Å². The highest BCUT2D eigenvalue weighted by atomic mass is 16.1. The molecule has 0 saturated heterocycles. The molecule has 0 bridgehead atoms. The Morgan fingerprint density at radius 3 is 2.30 bits per heavy atom. The van der Waals surface area contributed by atoms with Gasteiger partial charge in [0.1, 0.15) is 0 Å². The predicted molar refractivity (Wildman–Crippen MR) is 83.0 cm³/mol. The highest BCUT2D eigenvalue weighted by Gasteiger charge is 2.32. The van der Waals surface area contributed by atoms with Crippen LogP contribution in [0.15, 0.2) is 6.07 Å². The van der Waals surface area contributed by atoms with E-state index in [9.17, 15) is 4.79 Å². The number of carbonyl (C=O) groups excluding carboxylic acids is 1. The van der Waals surface area contributed by atoms with Crippen molar-refractivity contribution in [2.45, 2.75) is 66.5 Å². The van der Waals surface area contributed by atoms with Crippen molar-refractivity contribution in [1.82, 2.24) is 14.7 Å². The number of hydrogen-bond acceptors (Lipinski definition) is 3. The molecule has 1 heterocycles. The molecule has 1 aromatic rings. The zero-order valence-corrected chi connectivity index (χ0v) is 13.9. The monoisotopic (exact) mass is 279 g/mol. The van der Waals surface area contributed by atoms with Crippen LogP contribution in [0.1, 0.15) is 52.9 Å². The Hall–Kier alpha value is -1.16. The first-order chi connectivity index (χ1) is 9.40. The summed E-state index contributed by atoms with van der Waals surface area (Å²) in [7, 11) is 0. The molecule has 0 aromatic carbocycles. The van der Waals surface area contributed by atoms with E-state index in [2.05, 4.69) is 43.8 Å². The minimum absolute atomic E-state index is 0.262.